The molecule has 1 amide bonds. The van der Waals surface area contributed by atoms with Gasteiger partial charge in [0.2, 0.25) is 0 Å². The molecule has 0 radical (unpaired) electrons. The lowest BCUT2D eigenvalue weighted by Gasteiger charge is -2.06. The van der Waals surface area contributed by atoms with Crippen molar-refractivity contribution in [2.75, 3.05) is 5.32 Å². The van der Waals surface area contributed by atoms with Gasteiger partial charge in [0.15, 0.2) is 11.4 Å². The molecule has 0 aliphatic heterocycles. The Labute approximate surface area is 172 Å². The number of hydrogen-bond donors (Lipinski definition) is 2. The molecule has 0 bridgehead atoms. The van der Waals surface area contributed by atoms with Gasteiger partial charge >= 0.3 is 12.1 Å². The van der Waals surface area contributed by atoms with Crippen LogP contribution in [0.2, 0.25) is 0 Å². The number of nitrogens with one attached hydrogen (secondary N) is 1. The molecule has 1 aromatic heterocycles. The van der Waals surface area contributed by atoms with E-state index in [-0.39, 0.29) is 33.9 Å². The van der Waals surface area contributed by atoms with Crippen LogP contribution in [0.3, 0.4) is 0 Å². The van der Waals surface area contributed by atoms with Crippen molar-refractivity contribution in [2.24, 2.45) is 0 Å². The van der Waals surface area contributed by atoms with Crippen LogP contribution < -0.4 is 5.32 Å². The van der Waals surface area contributed by atoms with Gasteiger partial charge in [0.25, 0.3) is 5.91 Å². The predicted octanol–water partition coefficient (Wildman–Crippen LogP) is 5.04. The van der Waals surface area contributed by atoms with Gasteiger partial charge in [-0.15, -0.1) is 0 Å². The third-order valence-electron chi connectivity index (χ3n) is 4.41. The second kappa shape index (κ2) is 7.60. The maximum Gasteiger partial charge on any atom is 0.468 e. The first-order chi connectivity index (χ1) is 14.7. The molecular formula is C22H13F3N2O4. The Balaban J connectivity index is 1.50. The zero-order valence-corrected chi connectivity index (χ0v) is 15.6. The number of amides is 1. The number of alkyl halides is 3. The molecule has 4 rings (SSSR count). The number of carbonyl (C=O) groups is 2. The summed E-state index contributed by atoms with van der Waals surface area (Å²) in [7, 11) is 0. The number of oxazole rings is 1. The van der Waals surface area contributed by atoms with Gasteiger partial charge in [-0.3, -0.25) is 9.59 Å². The summed E-state index contributed by atoms with van der Waals surface area (Å²) in [6.45, 7) is 0. The van der Waals surface area contributed by atoms with Crippen molar-refractivity contribution in [2.45, 2.75) is 6.18 Å². The molecule has 6 nitrogen and oxygen atoms in total. The Kier molecular flexibility index (Phi) is 4.94. The molecule has 0 unspecified atom stereocenters. The number of anilines is 1. The summed E-state index contributed by atoms with van der Waals surface area (Å²) in [4.78, 5) is 28.3. The van der Waals surface area contributed by atoms with E-state index in [1.807, 2.05) is 0 Å². The second-order valence-corrected chi connectivity index (χ2v) is 6.61. The van der Waals surface area contributed by atoms with E-state index < -0.39 is 18.0 Å². The maximum absolute atomic E-state index is 12.7. The highest BCUT2D eigenvalue weighted by Gasteiger charge is 2.37. The van der Waals surface area contributed by atoms with E-state index in [0.29, 0.717) is 11.1 Å². The monoisotopic (exact) mass is 426 g/mol. The highest BCUT2D eigenvalue weighted by atomic mass is 19.4. The fourth-order valence-corrected chi connectivity index (χ4v) is 2.91. The minimum atomic E-state index is -4.71. The third-order valence-corrected chi connectivity index (χ3v) is 4.41. The summed E-state index contributed by atoms with van der Waals surface area (Å²) in [5.41, 5.74) is 0.987. The smallest absolute Gasteiger partial charge is 0.468 e. The molecule has 9 heteroatoms. The van der Waals surface area contributed by atoms with Gasteiger partial charge in [-0.1, -0.05) is 24.3 Å². The van der Waals surface area contributed by atoms with E-state index in [0.717, 1.165) is 0 Å². The zero-order chi connectivity index (χ0) is 22.2. The number of fused-ring (bicyclic) bond motifs is 1. The summed E-state index contributed by atoms with van der Waals surface area (Å²) in [6, 6.07) is 15.7. The van der Waals surface area contributed by atoms with E-state index in [1.54, 1.807) is 12.1 Å². The van der Waals surface area contributed by atoms with Crippen LogP contribution in [0, 0.1) is 0 Å². The van der Waals surface area contributed by atoms with Gasteiger partial charge in [0.05, 0.1) is 0 Å². The minimum Gasteiger partial charge on any atom is -0.508 e. The van der Waals surface area contributed by atoms with Crippen molar-refractivity contribution in [3.05, 3.63) is 89.3 Å². The lowest BCUT2D eigenvalue weighted by Crippen LogP contribution is -2.12. The fourth-order valence-electron chi connectivity index (χ4n) is 2.91. The maximum atomic E-state index is 12.7. The first-order valence-corrected chi connectivity index (χ1v) is 8.94. The number of rotatable bonds is 4. The first-order valence-electron chi connectivity index (χ1n) is 8.94. The van der Waals surface area contributed by atoms with E-state index >= 15 is 0 Å². The van der Waals surface area contributed by atoms with E-state index in [2.05, 4.69) is 10.3 Å². The molecular weight excluding hydrogens is 413 g/mol. The average Bonchev–Trinajstić information content (AvgIpc) is 3.17. The first kappa shape index (κ1) is 20.1. The highest BCUT2D eigenvalue weighted by Crippen LogP contribution is 2.32. The molecule has 31 heavy (non-hydrogen) atoms. The average molecular weight is 426 g/mol. The molecule has 0 saturated carbocycles. The van der Waals surface area contributed by atoms with Gasteiger partial charge in [0, 0.05) is 28.4 Å². The summed E-state index contributed by atoms with van der Waals surface area (Å²) >= 11 is 0. The van der Waals surface area contributed by atoms with Crippen molar-refractivity contribution in [3.63, 3.8) is 0 Å². The number of hydrogen-bond acceptors (Lipinski definition) is 5. The molecule has 2 N–H and O–H groups in total. The molecule has 0 fully saturated rings. The minimum absolute atomic E-state index is 0.0140. The SMILES string of the molecule is O=C(Nc1ccc2nc(C(F)(F)F)oc2c1)c1ccc(C(=O)c2cccc(O)c2)cc1. The summed E-state index contributed by atoms with van der Waals surface area (Å²) in [6.07, 6.45) is -4.71. The Morgan fingerprint density at radius 2 is 1.61 bits per heavy atom. The zero-order valence-electron chi connectivity index (χ0n) is 15.6. The molecule has 3 aromatic carbocycles. The van der Waals surface area contributed by atoms with Crippen LogP contribution in [-0.2, 0) is 6.18 Å². The van der Waals surface area contributed by atoms with Crippen molar-refractivity contribution in [1.82, 2.24) is 4.98 Å². The molecule has 0 aliphatic carbocycles. The lowest BCUT2D eigenvalue weighted by molar-refractivity contribution is -0.156. The van der Waals surface area contributed by atoms with Crippen LogP contribution in [0.5, 0.6) is 5.75 Å². The van der Waals surface area contributed by atoms with Crippen molar-refractivity contribution < 1.29 is 32.3 Å². The van der Waals surface area contributed by atoms with Crippen LogP contribution in [0.1, 0.15) is 32.2 Å². The molecule has 0 atom stereocenters. The van der Waals surface area contributed by atoms with Gasteiger partial charge < -0.3 is 14.8 Å². The molecule has 1 heterocycles. The number of aromatic nitrogens is 1. The van der Waals surface area contributed by atoms with Crippen molar-refractivity contribution >= 4 is 28.5 Å². The number of phenols is 1. The van der Waals surface area contributed by atoms with E-state index in [1.165, 1.54) is 54.6 Å². The number of aromatic hydroxyl groups is 1. The third kappa shape index (κ3) is 4.25. The number of benzene rings is 3. The number of phenolic OH excluding ortho intramolecular Hbond substituents is 1. The topological polar surface area (TPSA) is 92.4 Å². The van der Waals surface area contributed by atoms with E-state index in [4.69, 9.17) is 4.42 Å². The molecule has 156 valence electrons. The molecule has 0 aliphatic rings. The quantitative estimate of drug-likeness (QED) is 0.446. The fraction of sp³-hybridized carbons (Fsp3) is 0.0455. The summed E-state index contributed by atoms with van der Waals surface area (Å²) in [5.74, 6) is -2.24. The van der Waals surface area contributed by atoms with Crippen molar-refractivity contribution in [1.29, 1.82) is 0 Å². The predicted molar refractivity (Wildman–Crippen MR) is 105 cm³/mol. The summed E-state index contributed by atoms with van der Waals surface area (Å²) < 4.78 is 42.8. The van der Waals surface area contributed by atoms with Gasteiger partial charge in [0.1, 0.15) is 11.3 Å². The Morgan fingerprint density at radius 1 is 0.903 bits per heavy atom. The molecule has 4 aromatic rings. The van der Waals surface area contributed by atoms with Gasteiger partial charge in [-0.25, -0.2) is 4.98 Å². The number of halogens is 3. The Bertz CT molecular complexity index is 1290. The van der Waals surface area contributed by atoms with Crippen LogP contribution in [0.4, 0.5) is 18.9 Å². The standard InChI is InChI=1S/C22H13F3N2O4/c23-22(24,25)21-27-17-9-8-15(11-18(17)31-21)26-20(30)13-6-4-12(5-7-13)19(29)14-2-1-3-16(28)10-14/h1-11,28H,(H,26,30). The van der Waals surface area contributed by atoms with Gasteiger partial charge in [-0.05, 0) is 36.4 Å². The van der Waals surface area contributed by atoms with Crippen LogP contribution in [-0.4, -0.2) is 21.8 Å². The molecule has 0 spiro atoms. The van der Waals surface area contributed by atoms with Crippen LogP contribution >= 0.6 is 0 Å². The van der Waals surface area contributed by atoms with Gasteiger partial charge in [-0.2, -0.15) is 13.2 Å². The highest BCUT2D eigenvalue weighted by molar-refractivity contribution is 6.10. The van der Waals surface area contributed by atoms with E-state index in [9.17, 15) is 27.9 Å². The second-order valence-electron chi connectivity index (χ2n) is 6.61. The molecule has 0 saturated heterocycles. The Morgan fingerprint density at radius 3 is 2.29 bits per heavy atom. The van der Waals surface area contributed by atoms with Crippen LogP contribution in [0.15, 0.2) is 71.1 Å². The van der Waals surface area contributed by atoms with Crippen molar-refractivity contribution in [3.8, 4) is 5.75 Å². The summed E-state index contributed by atoms with van der Waals surface area (Å²) in [5, 5.41) is 12.1. The number of nitrogens with zero attached hydrogens (tertiary/aromatic N) is 1. The number of ketones is 1. The Hall–Kier alpha value is -4.14. The normalized spacial score (nSPS) is 11.5. The van der Waals surface area contributed by atoms with Crippen LogP contribution in [0.25, 0.3) is 11.1 Å². The largest absolute Gasteiger partial charge is 0.508 e. The lowest BCUT2D eigenvalue weighted by atomic mass is 10.0. The number of carbonyl (C=O) groups excluding carboxylic acids is 2.